The van der Waals surface area contributed by atoms with Gasteiger partial charge in [-0.3, -0.25) is 5.32 Å². The van der Waals surface area contributed by atoms with E-state index in [1.54, 1.807) is 6.92 Å². The van der Waals surface area contributed by atoms with Gasteiger partial charge >= 0.3 is 6.03 Å². The standard InChI is InChI=1S/C13H22N4O3S2/c1-5-22(19,20)17-7-6-9-10(8-17)21-12(14-9)15-11(18)16-13(2,3)4/h5-8H2,1-4H3,(H2,14,15,16,18). The van der Waals surface area contributed by atoms with Crippen LogP contribution >= 0.6 is 11.3 Å². The molecule has 0 atom stereocenters. The Morgan fingerprint density at radius 3 is 2.68 bits per heavy atom. The third-order valence-corrected chi connectivity index (χ3v) is 5.99. The lowest BCUT2D eigenvalue weighted by molar-refractivity contribution is 0.244. The fourth-order valence-electron chi connectivity index (χ4n) is 2.11. The highest BCUT2D eigenvalue weighted by Gasteiger charge is 2.28. The second-order valence-electron chi connectivity index (χ2n) is 6.20. The number of rotatable bonds is 3. The molecule has 0 bridgehead atoms. The Morgan fingerprint density at radius 1 is 1.41 bits per heavy atom. The first-order valence-electron chi connectivity index (χ1n) is 7.16. The highest BCUT2D eigenvalue weighted by molar-refractivity contribution is 7.89. The maximum absolute atomic E-state index is 11.9. The number of hydrogen-bond acceptors (Lipinski definition) is 5. The van der Waals surface area contributed by atoms with Crippen molar-refractivity contribution < 1.29 is 13.2 Å². The average molecular weight is 346 g/mol. The van der Waals surface area contributed by atoms with Gasteiger partial charge in [-0.1, -0.05) is 11.3 Å². The number of fused-ring (bicyclic) bond motifs is 1. The van der Waals surface area contributed by atoms with Crippen LogP contribution in [-0.2, 0) is 23.0 Å². The van der Waals surface area contributed by atoms with Gasteiger partial charge in [0, 0.05) is 29.9 Å². The summed E-state index contributed by atoms with van der Waals surface area (Å²) in [4.78, 5) is 17.1. The minimum Gasteiger partial charge on any atom is -0.333 e. The highest BCUT2D eigenvalue weighted by Crippen LogP contribution is 2.29. The summed E-state index contributed by atoms with van der Waals surface area (Å²) in [7, 11) is -3.19. The molecule has 22 heavy (non-hydrogen) atoms. The summed E-state index contributed by atoms with van der Waals surface area (Å²) in [6.07, 6.45) is 0.577. The van der Waals surface area contributed by atoms with Crippen molar-refractivity contribution in [3.05, 3.63) is 10.6 Å². The molecule has 1 aromatic heterocycles. The molecule has 9 heteroatoms. The Kier molecular flexibility index (Phi) is 4.78. The van der Waals surface area contributed by atoms with E-state index in [2.05, 4.69) is 15.6 Å². The predicted molar refractivity (Wildman–Crippen MR) is 87.6 cm³/mol. The van der Waals surface area contributed by atoms with Gasteiger partial charge in [0.15, 0.2) is 5.13 Å². The molecule has 1 aliphatic rings. The van der Waals surface area contributed by atoms with Crippen molar-refractivity contribution in [3.63, 3.8) is 0 Å². The van der Waals surface area contributed by atoms with Gasteiger partial charge in [0.05, 0.1) is 11.4 Å². The van der Waals surface area contributed by atoms with Crippen LogP contribution in [0.25, 0.3) is 0 Å². The van der Waals surface area contributed by atoms with E-state index < -0.39 is 10.0 Å². The summed E-state index contributed by atoms with van der Waals surface area (Å²) in [5.41, 5.74) is 0.547. The van der Waals surface area contributed by atoms with Crippen LogP contribution in [-0.4, -0.2) is 41.6 Å². The molecule has 0 radical (unpaired) electrons. The van der Waals surface area contributed by atoms with Gasteiger partial charge in [-0.05, 0) is 27.7 Å². The summed E-state index contributed by atoms with van der Waals surface area (Å²) in [5.74, 6) is 0.0975. The lowest BCUT2D eigenvalue weighted by Crippen LogP contribution is -2.43. The summed E-state index contributed by atoms with van der Waals surface area (Å²) < 4.78 is 25.4. The van der Waals surface area contributed by atoms with Crippen LogP contribution in [0.5, 0.6) is 0 Å². The number of anilines is 1. The smallest absolute Gasteiger partial charge is 0.321 e. The topological polar surface area (TPSA) is 91.4 Å². The van der Waals surface area contributed by atoms with Crippen LogP contribution in [0.1, 0.15) is 38.3 Å². The lowest BCUT2D eigenvalue weighted by Gasteiger charge is -2.24. The number of nitrogens with zero attached hydrogens (tertiary/aromatic N) is 2. The lowest BCUT2D eigenvalue weighted by atomic mass is 10.1. The van der Waals surface area contributed by atoms with Crippen LogP contribution in [0.3, 0.4) is 0 Å². The Bertz CT molecular complexity index is 661. The number of aromatic nitrogens is 1. The van der Waals surface area contributed by atoms with Crippen LogP contribution < -0.4 is 10.6 Å². The summed E-state index contributed by atoms with van der Waals surface area (Å²) in [6, 6.07) is -0.309. The van der Waals surface area contributed by atoms with Crippen molar-refractivity contribution in [2.75, 3.05) is 17.6 Å². The van der Waals surface area contributed by atoms with Crippen LogP contribution in [0.4, 0.5) is 9.93 Å². The number of thiazole rings is 1. The number of hydrogen-bond donors (Lipinski definition) is 2. The zero-order chi connectivity index (χ0) is 16.5. The van der Waals surface area contributed by atoms with Crippen molar-refractivity contribution >= 4 is 32.5 Å². The van der Waals surface area contributed by atoms with Crippen LogP contribution in [0.2, 0.25) is 0 Å². The van der Waals surface area contributed by atoms with Gasteiger partial charge in [-0.25, -0.2) is 18.2 Å². The monoisotopic (exact) mass is 346 g/mol. The molecule has 0 spiro atoms. The average Bonchev–Trinajstić information content (AvgIpc) is 2.77. The molecule has 0 unspecified atom stereocenters. The molecule has 0 saturated heterocycles. The zero-order valence-corrected chi connectivity index (χ0v) is 14.9. The summed E-state index contributed by atoms with van der Waals surface area (Å²) >= 11 is 1.33. The molecular formula is C13H22N4O3S2. The molecule has 0 fully saturated rings. The van der Waals surface area contributed by atoms with E-state index >= 15 is 0 Å². The normalized spacial score (nSPS) is 16.2. The quantitative estimate of drug-likeness (QED) is 0.872. The van der Waals surface area contributed by atoms with E-state index in [0.29, 0.717) is 24.6 Å². The molecule has 0 aromatic carbocycles. The van der Waals surface area contributed by atoms with Crippen molar-refractivity contribution in [3.8, 4) is 0 Å². The molecule has 0 saturated carbocycles. The minimum absolute atomic E-state index is 0.0975. The summed E-state index contributed by atoms with van der Waals surface area (Å²) in [6.45, 7) is 8.11. The number of nitrogens with one attached hydrogen (secondary N) is 2. The maximum Gasteiger partial charge on any atom is 0.321 e. The van der Waals surface area contributed by atoms with E-state index in [9.17, 15) is 13.2 Å². The Hall–Kier alpha value is -1.19. The van der Waals surface area contributed by atoms with Gasteiger partial charge in [-0.15, -0.1) is 0 Å². The van der Waals surface area contributed by atoms with E-state index in [-0.39, 0.29) is 17.3 Å². The number of carbonyl (C=O) groups is 1. The molecule has 0 aliphatic carbocycles. The fourth-order valence-corrected chi connectivity index (χ4v) is 4.28. The third kappa shape index (κ3) is 4.17. The molecule has 1 aromatic rings. The Labute approximate surface area is 135 Å². The van der Waals surface area contributed by atoms with Gasteiger partial charge in [0.1, 0.15) is 0 Å². The Balaban J connectivity index is 2.07. The van der Waals surface area contributed by atoms with E-state index in [1.165, 1.54) is 15.6 Å². The second kappa shape index (κ2) is 6.13. The number of urea groups is 1. The number of sulfonamides is 1. The van der Waals surface area contributed by atoms with E-state index in [0.717, 1.165) is 10.6 Å². The van der Waals surface area contributed by atoms with Crippen LogP contribution in [0, 0.1) is 0 Å². The van der Waals surface area contributed by atoms with Gasteiger partial charge in [0.25, 0.3) is 0 Å². The van der Waals surface area contributed by atoms with E-state index in [1.807, 2.05) is 20.8 Å². The fraction of sp³-hybridized carbons (Fsp3) is 0.692. The largest absolute Gasteiger partial charge is 0.333 e. The third-order valence-electron chi connectivity index (χ3n) is 3.16. The molecular weight excluding hydrogens is 324 g/mol. The van der Waals surface area contributed by atoms with Crippen molar-refractivity contribution in [1.29, 1.82) is 0 Å². The van der Waals surface area contributed by atoms with Gasteiger partial charge in [-0.2, -0.15) is 4.31 Å². The highest BCUT2D eigenvalue weighted by atomic mass is 32.2. The maximum atomic E-state index is 11.9. The van der Waals surface area contributed by atoms with Crippen LogP contribution in [0.15, 0.2) is 0 Å². The van der Waals surface area contributed by atoms with Gasteiger partial charge in [0.2, 0.25) is 10.0 Å². The first kappa shape index (κ1) is 17.2. The molecule has 1 aliphatic heterocycles. The first-order chi connectivity index (χ1) is 10.1. The molecule has 124 valence electrons. The molecule has 2 heterocycles. The Morgan fingerprint density at radius 2 is 2.09 bits per heavy atom. The molecule has 7 nitrogen and oxygen atoms in total. The van der Waals surface area contributed by atoms with Crippen molar-refractivity contribution in [2.24, 2.45) is 0 Å². The van der Waals surface area contributed by atoms with Crippen molar-refractivity contribution in [1.82, 2.24) is 14.6 Å². The molecule has 2 rings (SSSR count). The number of amides is 2. The first-order valence-corrected chi connectivity index (χ1v) is 9.59. The second-order valence-corrected chi connectivity index (χ2v) is 9.54. The molecule has 2 N–H and O–H groups in total. The van der Waals surface area contributed by atoms with Crippen molar-refractivity contribution in [2.45, 2.75) is 46.2 Å². The van der Waals surface area contributed by atoms with Gasteiger partial charge < -0.3 is 5.32 Å². The van der Waals surface area contributed by atoms with E-state index in [4.69, 9.17) is 0 Å². The SMILES string of the molecule is CCS(=O)(=O)N1CCc2nc(NC(=O)NC(C)(C)C)sc2C1. The minimum atomic E-state index is -3.19. The zero-order valence-electron chi connectivity index (χ0n) is 13.3. The predicted octanol–water partition coefficient (Wildman–Crippen LogP) is 1.77. The number of carbonyl (C=O) groups excluding carboxylic acids is 1. The molecule has 2 amide bonds. The summed E-state index contributed by atoms with van der Waals surface area (Å²) in [5, 5.41) is 6.02.